The molecule has 2 rings (SSSR count). The molecule has 0 aliphatic carbocycles. The number of hydrogen-bond donors (Lipinski definition) is 1. The monoisotopic (exact) mass is 318 g/mol. The number of carbonyl (C=O) groups excluding carboxylic acids is 1. The Bertz CT molecular complexity index is 524. The molecule has 0 saturated carbocycles. The first-order valence-corrected chi connectivity index (χ1v) is 8.78. The average Bonchev–Trinajstić information content (AvgIpc) is 2.60. The molecule has 2 unspecified atom stereocenters. The van der Waals surface area contributed by atoms with E-state index in [9.17, 15) is 4.79 Å². The van der Waals surface area contributed by atoms with E-state index in [-0.39, 0.29) is 5.97 Å². The number of ether oxygens (including phenoxy) is 1. The van der Waals surface area contributed by atoms with Gasteiger partial charge in [0.25, 0.3) is 0 Å². The fourth-order valence-corrected chi connectivity index (χ4v) is 3.26. The molecule has 4 heteroatoms. The third-order valence-corrected chi connectivity index (χ3v) is 4.89. The molecule has 0 bridgehead atoms. The van der Waals surface area contributed by atoms with E-state index in [4.69, 9.17) is 10.5 Å². The van der Waals surface area contributed by atoms with Crippen LogP contribution in [0.4, 0.5) is 5.69 Å². The molecule has 1 aliphatic rings. The predicted molar refractivity (Wildman–Crippen MR) is 94.9 cm³/mol. The number of hydrogen-bond acceptors (Lipinski definition) is 4. The Hall–Kier alpha value is -1.55. The molecule has 0 radical (unpaired) electrons. The fraction of sp³-hybridized carbons (Fsp3) is 0.632. The van der Waals surface area contributed by atoms with E-state index >= 15 is 0 Å². The number of anilines is 1. The predicted octanol–water partition coefficient (Wildman–Crippen LogP) is 3.23. The molecule has 1 saturated heterocycles. The highest BCUT2D eigenvalue weighted by atomic mass is 16.5. The van der Waals surface area contributed by atoms with Gasteiger partial charge < -0.3 is 15.4 Å². The summed E-state index contributed by atoms with van der Waals surface area (Å²) in [5.41, 5.74) is 9.76. The van der Waals surface area contributed by atoms with Crippen molar-refractivity contribution in [2.45, 2.75) is 57.9 Å². The van der Waals surface area contributed by atoms with Crippen LogP contribution < -0.4 is 10.6 Å². The van der Waals surface area contributed by atoms with Crippen LogP contribution in [0, 0.1) is 0 Å². The molecule has 2 N–H and O–H groups in total. The van der Waals surface area contributed by atoms with Gasteiger partial charge in [-0.05, 0) is 55.2 Å². The largest absolute Gasteiger partial charge is 0.468 e. The molecule has 1 aliphatic heterocycles. The van der Waals surface area contributed by atoms with Gasteiger partial charge in [0.2, 0.25) is 0 Å². The minimum atomic E-state index is -0.592. The number of carbonyl (C=O) groups is 1. The number of nitrogens with two attached hydrogens (primary N) is 1. The molecule has 4 nitrogen and oxygen atoms in total. The van der Waals surface area contributed by atoms with Crippen LogP contribution in [-0.2, 0) is 16.0 Å². The SMILES string of the molecule is CCC(C)c1cc(CC(N)C(=O)OC)ccc1N1CCCCC1. The zero-order valence-electron chi connectivity index (χ0n) is 14.7. The number of nitrogens with zero attached hydrogens (tertiary/aromatic N) is 1. The molecular formula is C19H30N2O2. The summed E-state index contributed by atoms with van der Waals surface area (Å²) in [6.07, 6.45) is 5.51. The van der Waals surface area contributed by atoms with Crippen LogP contribution in [0.5, 0.6) is 0 Å². The Kier molecular flexibility index (Phi) is 6.46. The van der Waals surface area contributed by atoms with E-state index in [1.54, 1.807) is 0 Å². The van der Waals surface area contributed by atoms with Crippen LogP contribution in [0.2, 0.25) is 0 Å². The van der Waals surface area contributed by atoms with Crippen molar-refractivity contribution < 1.29 is 9.53 Å². The maximum atomic E-state index is 11.5. The lowest BCUT2D eigenvalue weighted by Crippen LogP contribution is -2.34. The Balaban J connectivity index is 2.24. The first-order valence-electron chi connectivity index (χ1n) is 8.78. The zero-order chi connectivity index (χ0) is 16.8. The summed E-state index contributed by atoms with van der Waals surface area (Å²) in [5.74, 6) is 0.149. The van der Waals surface area contributed by atoms with Crippen molar-refractivity contribution in [3.8, 4) is 0 Å². The van der Waals surface area contributed by atoms with E-state index in [2.05, 4.69) is 36.9 Å². The highest BCUT2D eigenvalue weighted by molar-refractivity contribution is 5.75. The number of piperidine rings is 1. The second-order valence-electron chi connectivity index (χ2n) is 6.58. The van der Waals surface area contributed by atoms with Gasteiger partial charge in [-0.3, -0.25) is 4.79 Å². The highest BCUT2D eigenvalue weighted by Gasteiger charge is 2.19. The number of esters is 1. The van der Waals surface area contributed by atoms with Crippen LogP contribution in [0.15, 0.2) is 18.2 Å². The van der Waals surface area contributed by atoms with Gasteiger partial charge in [0.05, 0.1) is 7.11 Å². The van der Waals surface area contributed by atoms with Crippen molar-refractivity contribution in [3.05, 3.63) is 29.3 Å². The standard InChI is InChI=1S/C19H30N2O2/c1-4-14(2)16-12-15(13-17(20)19(22)23-3)8-9-18(16)21-10-6-5-7-11-21/h8-9,12,14,17H,4-7,10-11,13,20H2,1-3H3. The van der Waals surface area contributed by atoms with Gasteiger partial charge in [-0.15, -0.1) is 0 Å². The Morgan fingerprint density at radius 1 is 1.30 bits per heavy atom. The molecule has 2 atom stereocenters. The lowest BCUT2D eigenvalue weighted by molar-refractivity contribution is -0.142. The van der Waals surface area contributed by atoms with E-state index in [1.807, 2.05) is 0 Å². The van der Waals surface area contributed by atoms with Gasteiger partial charge in [-0.2, -0.15) is 0 Å². The first kappa shape index (κ1) is 17.8. The fourth-order valence-electron chi connectivity index (χ4n) is 3.26. The molecular weight excluding hydrogens is 288 g/mol. The second kappa shape index (κ2) is 8.34. The Morgan fingerprint density at radius 2 is 2.00 bits per heavy atom. The smallest absolute Gasteiger partial charge is 0.322 e. The summed E-state index contributed by atoms with van der Waals surface area (Å²) in [6.45, 7) is 6.78. The summed E-state index contributed by atoms with van der Waals surface area (Å²) in [5, 5.41) is 0. The van der Waals surface area contributed by atoms with Crippen molar-refractivity contribution in [3.63, 3.8) is 0 Å². The maximum absolute atomic E-state index is 11.5. The average molecular weight is 318 g/mol. The third kappa shape index (κ3) is 4.47. The molecule has 23 heavy (non-hydrogen) atoms. The van der Waals surface area contributed by atoms with E-state index in [0.717, 1.165) is 25.1 Å². The molecule has 1 fully saturated rings. The topological polar surface area (TPSA) is 55.6 Å². The van der Waals surface area contributed by atoms with E-state index in [1.165, 1.54) is 37.6 Å². The number of benzene rings is 1. The zero-order valence-corrected chi connectivity index (χ0v) is 14.7. The summed E-state index contributed by atoms with van der Waals surface area (Å²) in [6, 6.07) is 5.97. The van der Waals surface area contributed by atoms with Crippen LogP contribution in [0.25, 0.3) is 0 Å². The Labute approximate surface area is 140 Å². The lowest BCUT2D eigenvalue weighted by Gasteiger charge is -2.32. The van der Waals surface area contributed by atoms with Gasteiger partial charge in [0, 0.05) is 18.8 Å². The normalized spacial score (nSPS) is 17.7. The number of rotatable bonds is 6. The molecule has 1 aromatic carbocycles. The van der Waals surface area contributed by atoms with Gasteiger partial charge >= 0.3 is 5.97 Å². The van der Waals surface area contributed by atoms with E-state index < -0.39 is 6.04 Å². The van der Waals surface area contributed by atoms with Crippen LogP contribution in [0.1, 0.15) is 56.6 Å². The summed E-state index contributed by atoms with van der Waals surface area (Å²) < 4.78 is 4.73. The van der Waals surface area contributed by atoms with Crippen molar-refractivity contribution in [2.75, 3.05) is 25.1 Å². The molecule has 0 amide bonds. The van der Waals surface area contributed by atoms with Crippen LogP contribution in [0.3, 0.4) is 0 Å². The molecule has 0 spiro atoms. The van der Waals surface area contributed by atoms with Gasteiger partial charge in [0.15, 0.2) is 0 Å². The summed E-state index contributed by atoms with van der Waals surface area (Å²) >= 11 is 0. The van der Waals surface area contributed by atoms with Crippen LogP contribution in [-0.4, -0.2) is 32.2 Å². The minimum Gasteiger partial charge on any atom is -0.468 e. The van der Waals surface area contributed by atoms with Gasteiger partial charge in [0.1, 0.15) is 6.04 Å². The summed E-state index contributed by atoms with van der Waals surface area (Å²) in [7, 11) is 1.38. The van der Waals surface area contributed by atoms with E-state index in [0.29, 0.717) is 12.3 Å². The summed E-state index contributed by atoms with van der Waals surface area (Å²) in [4.78, 5) is 14.1. The maximum Gasteiger partial charge on any atom is 0.322 e. The minimum absolute atomic E-state index is 0.352. The van der Waals surface area contributed by atoms with Crippen molar-refractivity contribution >= 4 is 11.7 Å². The van der Waals surface area contributed by atoms with Gasteiger partial charge in [-0.1, -0.05) is 26.0 Å². The second-order valence-corrected chi connectivity index (χ2v) is 6.58. The third-order valence-electron chi connectivity index (χ3n) is 4.89. The first-order chi connectivity index (χ1) is 11.1. The van der Waals surface area contributed by atoms with Crippen LogP contribution >= 0.6 is 0 Å². The highest BCUT2D eigenvalue weighted by Crippen LogP contribution is 2.32. The van der Waals surface area contributed by atoms with Crippen molar-refractivity contribution in [2.24, 2.45) is 5.73 Å². The number of methoxy groups -OCH3 is 1. The lowest BCUT2D eigenvalue weighted by atomic mass is 9.92. The van der Waals surface area contributed by atoms with Crippen molar-refractivity contribution in [1.29, 1.82) is 0 Å². The van der Waals surface area contributed by atoms with Gasteiger partial charge in [-0.25, -0.2) is 0 Å². The molecule has 1 aromatic rings. The Morgan fingerprint density at radius 3 is 2.61 bits per heavy atom. The quantitative estimate of drug-likeness (QED) is 0.818. The molecule has 128 valence electrons. The molecule has 1 heterocycles. The molecule has 0 aromatic heterocycles. The van der Waals surface area contributed by atoms with Crippen molar-refractivity contribution in [1.82, 2.24) is 0 Å².